The predicted octanol–water partition coefficient (Wildman–Crippen LogP) is 1.01. The van der Waals surface area contributed by atoms with Gasteiger partial charge in [0.25, 0.3) is 0 Å². The van der Waals surface area contributed by atoms with Gasteiger partial charge in [0.05, 0.1) is 12.1 Å². The summed E-state index contributed by atoms with van der Waals surface area (Å²) in [6.07, 6.45) is 0. The Bertz CT molecular complexity index is 331. The van der Waals surface area contributed by atoms with E-state index in [1.54, 1.807) is 12.1 Å². The molecule has 0 radical (unpaired) electrons. The molecule has 0 heterocycles. The number of ether oxygens (including phenoxy) is 1. The van der Waals surface area contributed by atoms with E-state index in [0.717, 1.165) is 5.56 Å². The van der Waals surface area contributed by atoms with Crippen LogP contribution in [0.15, 0.2) is 12.1 Å². The molecule has 5 N–H and O–H groups in total. The van der Waals surface area contributed by atoms with Crippen LogP contribution in [0, 0.1) is 0 Å². The van der Waals surface area contributed by atoms with Crippen LogP contribution >= 0.6 is 11.6 Å². The number of methoxy groups -OCH3 is 1. The number of benzene rings is 1. The minimum atomic E-state index is -0.304. The van der Waals surface area contributed by atoms with Crippen LogP contribution in [-0.4, -0.2) is 18.8 Å². The van der Waals surface area contributed by atoms with Gasteiger partial charge in [-0.3, -0.25) is 0 Å². The molecule has 0 saturated carbocycles. The summed E-state index contributed by atoms with van der Waals surface area (Å²) < 4.78 is 4.93. The SMILES string of the molecule is COc1cc([C@@H](N)CN)cc(Cl)c1O. The zero-order chi connectivity index (χ0) is 10.7. The normalized spacial score (nSPS) is 12.6. The van der Waals surface area contributed by atoms with Gasteiger partial charge in [-0.1, -0.05) is 11.6 Å². The lowest BCUT2D eigenvalue weighted by molar-refractivity contribution is 0.372. The third kappa shape index (κ3) is 2.09. The molecule has 0 aliphatic heterocycles. The zero-order valence-corrected chi connectivity index (χ0v) is 8.58. The molecule has 78 valence electrons. The van der Waals surface area contributed by atoms with Gasteiger partial charge in [-0.15, -0.1) is 0 Å². The van der Waals surface area contributed by atoms with Gasteiger partial charge in [0.2, 0.25) is 0 Å². The second-order valence-corrected chi connectivity index (χ2v) is 3.30. The van der Waals surface area contributed by atoms with Crippen LogP contribution in [0.25, 0.3) is 0 Å². The first-order valence-corrected chi connectivity index (χ1v) is 4.50. The van der Waals surface area contributed by atoms with Gasteiger partial charge in [-0.05, 0) is 17.7 Å². The Balaban J connectivity index is 3.16. The lowest BCUT2D eigenvalue weighted by Gasteiger charge is -2.12. The molecule has 0 saturated heterocycles. The molecule has 0 aromatic heterocycles. The highest BCUT2D eigenvalue weighted by Crippen LogP contribution is 2.36. The zero-order valence-electron chi connectivity index (χ0n) is 7.83. The summed E-state index contributed by atoms with van der Waals surface area (Å²) in [5.74, 6) is 0.221. The molecule has 4 nitrogen and oxygen atoms in total. The second kappa shape index (κ2) is 4.50. The molecule has 14 heavy (non-hydrogen) atoms. The Morgan fingerprint density at radius 3 is 2.71 bits per heavy atom. The van der Waals surface area contributed by atoms with Crippen LogP contribution in [0.1, 0.15) is 11.6 Å². The number of rotatable bonds is 3. The Morgan fingerprint density at radius 2 is 2.21 bits per heavy atom. The van der Waals surface area contributed by atoms with Crippen molar-refractivity contribution in [3.63, 3.8) is 0 Å². The minimum Gasteiger partial charge on any atom is -0.503 e. The topological polar surface area (TPSA) is 81.5 Å². The first-order chi connectivity index (χ1) is 6.60. The van der Waals surface area contributed by atoms with E-state index in [1.165, 1.54) is 7.11 Å². The van der Waals surface area contributed by atoms with Gasteiger partial charge >= 0.3 is 0 Å². The van der Waals surface area contributed by atoms with Crippen LogP contribution in [0.2, 0.25) is 5.02 Å². The summed E-state index contributed by atoms with van der Waals surface area (Å²) >= 11 is 5.77. The average molecular weight is 217 g/mol. The molecule has 0 bridgehead atoms. The predicted molar refractivity (Wildman–Crippen MR) is 55.7 cm³/mol. The maximum Gasteiger partial charge on any atom is 0.176 e. The van der Waals surface area contributed by atoms with Gasteiger partial charge in [0, 0.05) is 12.6 Å². The van der Waals surface area contributed by atoms with Crippen molar-refractivity contribution in [3.8, 4) is 11.5 Å². The Hall–Kier alpha value is -0.970. The number of hydrogen-bond donors (Lipinski definition) is 3. The second-order valence-electron chi connectivity index (χ2n) is 2.90. The summed E-state index contributed by atoms with van der Waals surface area (Å²) in [7, 11) is 1.45. The van der Waals surface area contributed by atoms with Gasteiger partial charge in [0.15, 0.2) is 11.5 Å². The Labute approximate surface area is 87.4 Å². The van der Waals surface area contributed by atoms with Crippen molar-refractivity contribution in [2.75, 3.05) is 13.7 Å². The first kappa shape index (κ1) is 11.1. The van der Waals surface area contributed by atoms with E-state index in [-0.39, 0.29) is 16.8 Å². The smallest absolute Gasteiger partial charge is 0.176 e. The lowest BCUT2D eigenvalue weighted by Crippen LogP contribution is -2.20. The van der Waals surface area contributed by atoms with Crippen molar-refractivity contribution >= 4 is 11.6 Å². The fourth-order valence-corrected chi connectivity index (χ4v) is 1.32. The molecule has 0 aliphatic rings. The number of halogens is 1. The highest BCUT2D eigenvalue weighted by Gasteiger charge is 2.12. The molecule has 1 aromatic carbocycles. The molecule has 0 spiro atoms. The van der Waals surface area contributed by atoms with Gasteiger partial charge in [-0.2, -0.15) is 0 Å². The molecular formula is C9H13ClN2O2. The molecule has 1 aromatic rings. The van der Waals surface area contributed by atoms with E-state index in [9.17, 15) is 5.11 Å². The molecule has 1 rings (SSSR count). The third-order valence-corrected chi connectivity index (χ3v) is 2.24. The molecule has 0 unspecified atom stereocenters. The number of phenols is 1. The van der Waals surface area contributed by atoms with Crippen LogP contribution in [0.3, 0.4) is 0 Å². The number of hydrogen-bond acceptors (Lipinski definition) is 4. The van der Waals surface area contributed by atoms with Crippen molar-refractivity contribution in [1.82, 2.24) is 0 Å². The van der Waals surface area contributed by atoms with Crippen molar-refractivity contribution in [2.45, 2.75) is 6.04 Å². The van der Waals surface area contributed by atoms with Crippen molar-refractivity contribution in [1.29, 1.82) is 0 Å². The summed E-state index contributed by atoms with van der Waals surface area (Å²) in [4.78, 5) is 0. The summed E-state index contributed by atoms with van der Waals surface area (Å²) in [6, 6.07) is 2.90. The molecule has 5 heteroatoms. The van der Waals surface area contributed by atoms with E-state index in [4.69, 9.17) is 27.8 Å². The van der Waals surface area contributed by atoms with Crippen molar-refractivity contribution < 1.29 is 9.84 Å². The summed E-state index contributed by atoms with van der Waals surface area (Å²) in [5.41, 5.74) is 11.9. The van der Waals surface area contributed by atoms with E-state index >= 15 is 0 Å². The molecule has 0 aliphatic carbocycles. The van der Waals surface area contributed by atoms with E-state index in [1.807, 2.05) is 0 Å². The van der Waals surface area contributed by atoms with Crippen LogP contribution < -0.4 is 16.2 Å². The van der Waals surface area contributed by atoms with Gasteiger partial charge in [-0.25, -0.2) is 0 Å². The Kier molecular flexibility index (Phi) is 3.57. The highest BCUT2D eigenvalue weighted by molar-refractivity contribution is 6.32. The molecule has 1 atom stereocenters. The fraction of sp³-hybridized carbons (Fsp3) is 0.333. The standard InChI is InChI=1S/C9H13ClN2O2/c1-14-8-3-5(7(12)4-11)2-6(10)9(8)13/h2-3,7,13H,4,11-12H2,1H3/t7-/m0/s1. The Morgan fingerprint density at radius 1 is 1.57 bits per heavy atom. The van der Waals surface area contributed by atoms with E-state index in [2.05, 4.69) is 0 Å². The highest BCUT2D eigenvalue weighted by atomic mass is 35.5. The van der Waals surface area contributed by atoms with E-state index < -0.39 is 0 Å². The lowest BCUT2D eigenvalue weighted by atomic mass is 10.1. The minimum absolute atomic E-state index is 0.0814. The van der Waals surface area contributed by atoms with Crippen LogP contribution in [0.5, 0.6) is 11.5 Å². The third-order valence-electron chi connectivity index (χ3n) is 1.95. The maximum absolute atomic E-state index is 9.45. The van der Waals surface area contributed by atoms with Crippen LogP contribution in [-0.2, 0) is 0 Å². The van der Waals surface area contributed by atoms with Crippen molar-refractivity contribution in [2.24, 2.45) is 11.5 Å². The fourth-order valence-electron chi connectivity index (χ4n) is 1.10. The number of nitrogens with two attached hydrogens (primary N) is 2. The quantitative estimate of drug-likeness (QED) is 0.705. The average Bonchev–Trinajstić information content (AvgIpc) is 2.20. The van der Waals surface area contributed by atoms with Crippen LogP contribution in [0.4, 0.5) is 0 Å². The first-order valence-electron chi connectivity index (χ1n) is 4.12. The number of phenolic OH excluding ortho intramolecular Hbond substituents is 1. The summed E-state index contributed by atoms with van der Waals surface area (Å²) in [6.45, 7) is 0.310. The van der Waals surface area contributed by atoms with E-state index in [0.29, 0.717) is 12.3 Å². The number of aromatic hydroxyl groups is 1. The maximum atomic E-state index is 9.45. The van der Waals surface area contributed by atoms with Gasteiger partial charge < -0.3 is 21.3 Å². The molecule has 0 amide bonds. The monoisotopic (exact) mass is 216 g/mol. The summed E-state index contributed by atoms with van der Waals surface area (Å²) in [5, 5.41) is 9.66. The van der Waals surface area contributed by atoms with Crippen molar-refractivity contribution in [3.05, 3.63) is 22.7 Å². The molecule has 0 fully saturated rings. The molecular weight excluding hydrogens is 204 g/mol. The van der Waals surface area contributed by atoms with Gasteiger partial charge in [0.1, 0.15) is 0 Å². The largest absolute Gasteiger partial charge is 0.503 e.